The highest BCUT2D eigenvalue weighted by molar-refractivity contribution is 6.21. The third-order valence-electron chi connectivity index (χ3n) is 4.34. The summed E-state index contributed by atoms with van der Waals surface area (Å²) >= 11 is 0. The molecule has 2 heterocycles. The Hall–Kier alpha value is -2.99. The van der Waals surface area contributed by atoms with Gasteiger partial charge in [-0.2, -0.15) is 0 Å². The van der Waals surface area contributed by atoms with E-state index in [0.717, 1.165) is 11.0 Å². The molecule has 0 radical (unpaired) electrons. The van der Waals surface area contributed by atoms with Gasteiger partial charge < -0.3 is 4.57 Å². The Morgan fingerprint density at radius 3 is 2.16 bits per heavy atom. The summed E-state index contributed by atoms with van der Waals surface area (Å²) in [5.41, 5.74) is 2.77. The van der Waals surface area contributed by atoms with E-state index in [0.29, 0.717) is 23.6 Å². The second kappa shape index (κ2) is 5.82. The van der Waals surface area contributed by atoms with Crippen LogP contribution in [0.25, 0.3) is 11.0 Å². The quantitative estimate of drug-likeness (QED) is 0.687. The van der Waals surface area contributed by atoms with E-state index >= 15 is 0 Å². The van der Waals surface area contributed by atoms with E-state index in [-0.39, 0.29) is 18.4 Å². The number of amides is 2. The fourth-order valence-electron chi connectivity index (χ4n) is 3.21. The lowest BCUT2D eigenvalue weighted by molar-refractivity contribution is 0.0636. The molecular weight excluding hydrogens is 316 g/mol. The highest BCUT2D eigenvalue weighted by atomic mass is 16.2. The van der Waals surface area contributed by atoms with Gasteiger partial charge in [0.05, 0.1) is 35.4 Å². The van der Waals surface area contributed by atoms with Crippen LogP contribution in [0.4, 0.5) is 0 Å². The van der Waals surface area contributed by atoms with Crippen LogP contribution in [-0.4, -0.2) is 45.3 Å². The highest BCUT2D eigenvalue weighted by Gasteiger charge is 2.36. The molecule has 0 unspecified atom stereocenters. The minimum absolute atomic E-state index is 0.162. The molecule has 4 rings (SSSR count). The van der Waals surface area contributed by atoms with Crippen LogP contribution in [0, 0.1) is 0 Å². The zero-order chi connectivity index (χ0) is 17.6. The Labute approximate surface area is 145 Å². The first-order valence-corrected chi connectivity index (χ1v) is 8.10. The number of carbonyl (C=O) groups is 2. The van der Waals surface area contributed by atoms with E-state index in [1.165, 1.54) is 4.90 Å². The van der Waals surface area contributed by atoms with Crippen LogP contribution in [0.5, 0.6) is 0 Å². The maximum absolute atomic E-state index is 12.6. The summed E-state index contributed by atoms with van der Waals surface area (Å²) in [6, 6.07) is 14.8. The van der Waals surface area contributed by atoms with Crippen LogP contribution in [0.2, 0.25) is 0 Å². The number of para-hydroxylation sites is 2. The molecule has 2 amide bonds. The highest BCUT2D eigenvalue weighted by Crippen LogP contribution is 2.25. The Morgan fingerprint density at radius 2 is 1.52 bits per heavy atom. The predicted octanol–water partition coefficient (Wildman–Crippen LogP) is 2.35. The number of benzene rings is 2. The minimum Gasteiger partial charge on any atom is -0.313 e. The molecule has 1 aliphatic rings. The van der Waals surface area contributed by atoms with Crippen molar-refractivity contribution in [1.82, 2.24) is 19.4 Å². The predicted molar refractivity (Wildman–Crippen MR) is 94.1 cm³/mol. The lowest BCUT2D eigenvalue weighted by atomic mass is 10.1. The molecule has 126 valence electrons. The Balaban J connectivity index is 1.74. The van der Waals surface area contributed by atoms with Gasteiger partial charge in [0.25, 0.3) is 11.8 Å². The fraction of sp³-hybridized carbons (Fsp3) is 0.211. The molecule has 25 heavy (non-hydrogen) atoms. The molecule has 6 heteroatoms. The Kier molecular flexibility index (Phi) is 3.62. The van der Waals surface area contributed by atoms with E-state index in [1.54, 1.807) is 24.3 Å². The largest absolute Gasteiger partial charge is 0.313 e. The van der Waals surface area contributed by atoms with Crippen LogP contribution in [0.3, 0.4) is 0 Å². The molecule has 1 aliphatic heterocycles. The number of carbonyl (C=O) groups excluding carboxylic acids is 2. The van der Waals surface area contributed by atoms with Gasteiger partial charge in [-0.15, -0.1) is 0 Å². The number of rotatable bonds is 4. The van der Waals surface area contributed by atoms with Crippen LogP contribution in [0.1, 0.15) is 26.5 Å². The number of imide groups is 1. The SMILES string of the molecule is CN(C)Cn1c(CN2C(=O)c3ccccc3C2=O)nc2ccccc21. The van der Waals surface area contributed by atoms with Gasteiger partial charge in [-0.05, 0) is 38.4 Å². The van der Waals surface area contributed by atoms with Gasteiger partial charge >= 0.3 is 0 Å². The summed E-state index contributed by atoms with van der Waals surface area (Å²) in [4.78, 5) is 33.2. The molecule has 0 N–H and O–H groups in total. The van der Waals surface area contributed by atoms with Gasteiger partial charge in [0, 0.05) is 0 Å². The van der Waals surface area contributed by atoms with Crippen molar-refractivity contribution in [2.24, 2.45) is 0 Å². The normalized spacial score (nSPS) is 14.0. The number of imidazole rings is 1. The smallest absolute Gasteiger partial charge is 0.261 e. The maximum atomic E-state index is 12.6. The minimum atomic E-state index is -0.260. The lowest BCUT2D eigenvalue weighted by Crippen LogP contribution is -2.31. The average molecular weight is 334 g/mol. The molecule has 0 saturated heterocycles. The Morgan fingerprint density at radius 1 is 0.920 bits per heavy atom. The third-order valence-corrected chi connectivity index (χ3v) is 4.34. The maximum Gasteiger partial charge on any atom is 0.261 e. The van der Waals surface area contributed by atoms with Gasteiger partial charge in [-0.1, -0.05) is 24.3 Å². The summed E-state index contributed by atoms with van der Waals surface area (Å²) in [6.45, 7) is 0.786. The topological polar surface area (TPSA) is 58.4 Å². The standard InChI is InChI=1S/C19H18N4O2/c1-21(2)12-23-16-10-6-5-9-15(16)20-17(23)11-22-18(24)13-7-3-4-8-14(13)19(22)25/h3-10H,11-12H2,1-2H3. The monoisotopic (exact) mass is 334 g/mol. The van der Waals surface area contributed by atoms with Crippen LogP contribution in [0.15, 0.2) is 48.5 Å². The summed E-state index contributed by atoms with van der Waals surface area (Å²) < 4.78 is 2.04. The van der Waals surface area contributed by atoms with Crippen LogP contribution in [-0.2, 0) is 13.2 Å². The summed E-state index contributed by atoms with van der Waals surface area (Å²) in [7, 11) is 3.95. The number of aromatic nitrogens is 2. The van der Waals surface area contributed by atoms with Crippen molar-refractivity contribution in [3.05, 3.63) is 65.5 Å². The second-order valence-electron chi connectivity index (χ2n) is 6.41. The van der Waals surface area contributed by atoms with Crippen molar-refractivity contribution in [2.45, 2.75) is 13.2 Å². The number of hydrogen-bond donors (Lipinski definition) is 0. The molecule has 2 aromatic carbocycles. The van der Waals surface area contributed by atoms with E-state index < -0.39 is 0 Å². The third kappa shape index (κ3) is 2.51. The van der Waals surface area contributed by atoms with Gasteiger partial charge in [-0.3, -0.25) is 19.4 Å². The summed E-state index contributed by atoms with van der Waals surface area (Å²) in [5.74, 6) is 0.178. The zero-order valence-electron chi connectivity index (χ0n) is 14.1. The van der Waals surface area contributed by atoms with Gasteiger partial charge in [0.2, 0.25) is 0 Å². The van der Waals surface area contributed by atoms with Crippen molar-refractivity contribution in [2.75, 3.05) is 14.1 Å². The number of nitrogens with zero attached hydrogens (tertiary/aromatic N) is 4. The average Bonchev–Trinajstić information content (AvgIpc) is 3.06. The van der Waals surface area contributed by atoms with Crippen LogP contribution < -0.4 is 0 Å². The second-order valence-corrected chi connectivity index (χ2v) is 6.41. The number of hydrogen-bond acceptors (Lipinski definition) is 4. The molecule has 1 aromatic heterocycles. The first-order valence-electron chi connectivity index (χ1n) is 8.10. The molecule has 0 saturated carbocycles. The van der Waals surface area contributed by atoms with E-state index in [2.05, 4.69) is 4.98 Å². The molecule has 6 nitrogen and oxygen atoms in total. The van der Waals surface area contributed by atoms with Crippen molar-refractivity contribution in [3.8, 4) is 0 Å². The molecule has 0 fully saturated rings. The molecule has 0 aliphatic carbocycles. The van der Waals surface area contributed by atoms with E-state index in [9.17, 15) is 9.59 Å². The van der Waals surface area contributed by atoms with Crippen molar-refractivity contribution in [3.63, 3.8) is 0 Å². The zero-order valence-corrected chi connectivity index (χ0v) is 14.1. The Bertz CT molecular complexity index is 955. The van der Waals surface area contributed by atoms with Crippen molar-refractivity contribution in [1.29, 1.82) is 0 Å². The van der Waals surface area contributed by atoms with Crippen molar-refractivity contribution >= 4 is 22.8 Å². The number of fused-ring (bicyclic) bond motifs is 2. The fourth-order valence-corrected chi connectivity index (χ4v) is 3.21. The van der Waals surface area contributed by atoms with Gasteiger partial charge in [0.1, 0.15) is 5.82 Å². The first-order chi connectivity index (χ1) is 12.1. The molecule has 0 atom stereocenters. The molecular formula is C19H18N4O2. The summed E-state index contributed by atoms with van der Waals surface area (Å²) in [6.07, 6.45) is 0. The van der Waals surface area contributed by atoms with Gasteiger partial charge in [-0.25, -0.2) is 4.98 Å². The first kappa shape index (κ1) is 15.5. The van der Waals surface area contributed by atoms with Crippen molar-refractivity contribution < 1.29 is 9.59 Å². The van der Waals surface area contributed by atoms with Gasteiger partial charge in [0.15, 0.2) is 0 Å². The van der Waals surface area contributed by atoms with Crippen LogP contribution >= 0.6 is 0 Å². The van der Waals surface area contributed by atoms with E-state index in [4.69, 9.17) is 0 Å². The summed E-state index contributed by atoms with van der Waals surface area (Å²) in [5, 5.41) is 0. The molecule has 0 spiro atoms. The lowest BCUT2D eigenvalue weighted by Gasteiger charge is -2.18. The molecule has 0 bridgehead atoms. The molecule has 3 aromatic rings. The van der Waals surface area contributed by atoms with E-state index in [1.807, 2.05) is 47.8 Å².